The third-order valence-electron chi connectivity index (χ3n) is 4.01. The van der Waals surface area contributed by atoms with Crippen molar-refractivity contribution in [3.63, 3.8) is 0 Å². The molecule has 1 unspecified atom stereocenters. The maximum absolute atomic E-state index is 14.0. The number of aliphatic carboxylic acids is 1. The first kappa shape index (κ1) is 19.0. The predicted octanol–water partition coefficient (Wildman–Crippen LogP) is 4.11. The normalized spacial score (nSPS) is 16.5. The van der Waals surface area contributed by atoms with Gasteiger partial charge in [0, 0.05) is 6.20 Å². The third kappa shape index (κ3) is 3.43. The summed E-state index contributed by atoms with van der Waals surface area (Å²) in [5.74, 6) is -3.19. The Bertz CT molecular complexity index is 1120. The summed E-state index contributed by atoms with van der Waals surface area (Å²) in [5, 5.41) is 8.97. The van der Waals surface area contributed by atoms with Crippen molar-refractivity contribution in [2.75, 3.05) is 4.90 Å². The molecule has 1 atom stereocenters. The first-order chi connectivity index (χ1) is 13.3. The van der Waals surface area contributed by atoms with Crippen LogP contribution in [-0.4, -0.2) is 32.2 Å². The second-order valence-electron chi connectivity index (χ2n) is 5.92. The fourth-order valence-corrected chi connectivity index (χ4v) is 5.24. The number of hydrogen-bond acceptors (Lipinski definition) is 6. The molecule has 1 amide bonds. The Hall–Kier alpha value is -2.30. The minimum Gasteiger partial charge on any atom is -0.481 e. The number of carbonyl (C=O) groups is 2. The highest BCUT2D eigenvalue weighted by molar-refractivity contribution is 8.01. The van der Waals surface area contributed by atoms with E-state index in [2.05, 4.69) is 9.97 Å². The van der Waals surface area contributed by atoms with Crippen LogP contribution in [0.15, 0.2) is 29.3 Å². The average Bonchev–Trinajstić information content (AvgIpc) is 3.05. The lowest BCUT2D eigenvalue weighted by Crippen LogP contribution is -2.42. The molecule has 0 bridgehead atoms. The SMILES string of the molecule is O=C(O)CC1Sc2cc(Cl)cnc2N(Cc2nc3ccc(F)c(F)c3s2)C1=O. The van der Waals surface area contributed by atoms with Crippen molar-refractivity contribution in [1.29, 1.82) is 0 Å². The molecule has 28 heavy (non-hydrogen) atoms. The highest BCUT2D eigenvalue weighted by Crippen LogP contribution is 2.41. The van der Waals surface area contributed by atoms with Crippen LogP contribution in [0.1, 0.15) is 11.4 Å². The van der Waals surface area contributed by atoms with Gasteiger partial charge >= 0.3 is 5.97 Å². The van der Waals surface area contributed by atoms with Crippen LogP contribution in [0.3, 0.4) is 0 Å². The number of thioether (sulfide) groups is 1. The van der Waals surface area contributed by atoms with E-state index in [1.165, 1.54) is 17.2 Å². The van der Waals surface area contributed by atoms with Gasteiger partial charge in [0.25, 0.3) is 0 Å². The number of pyridine rings is 1. The van der Waals surface area contributed by atoms with Crippen molar-refractivity contribution in [3.8, 4) is 0 Å². The summed E-state index contributed by atoms with van der Waals surface area (Å²) in [5.41, 5.74) is 0.282. The second kappa shape index (κ2) is 7.26. The first-order valence-corrected chi connectivity index (χ1v) is 9.99. The summed E-state index contributed by atoms with van der Waals surface area (Å²) in [6.07, 6.45) is 1.01. The molecule has 0 saturated heterocycles. The molecule has 1 N–H and O–H groups in total. The molecule has 0 radical (unpaired) electrons. The molecule has 0 aliphatic carbocycles. The van der Waals surface area contributed by atoms with E-state index in [9.17, 15) is 18.4 Å². The van der Waals surface area contributed by atoms with Crippen LogP contribution >= 0.6 is 34.7 Å². The summed E-state index contributed by atoms with van der Waals surface area (Å²) in [6.45, 7) is -0.0441. The topological polar surface area (TPSA) is 83.4 Å². The van der Waals surface area contributed by atoms with Crippen molar-refractivity contribution in [2.45, 2.75) is 23.1 Å². The van der Waals surface area contributed by atoms with Crippen molar-refractivity contribution in [1.82, 2.24) is 9.97 Å². The van der Waals surface area contributed by atoms with E-state index in [1.54, 1.807) is 6.07 Å². The number of halogens is 3. The Morgan fingerprint density at radius 2 is 2.14 bits per heavy atom. The summed E-state index contributed by atoms with van der Waals surface area (Å²) >= 11 is 7.99. The Morgan fingerprint density at radius 1 is 1.36 bits per heavy atom. The van der Waals surface area contributed by atoms with Gasteiger partial charge in [-0.1, -0.05) is 11.6 Å². The smallest absolute Gasteiger partial charge is 0.305 e. The molecule has 11 heteroatoms. The van der Waals surface area contributed by atoms with E-state index >= 15 is 0 Å². The first-order valence-electron chi connectivity index (χ1n) is 7.92. The summed E-state index contributed by atoms with van der Waals surface area (Å²) < 4.78 is 27.5. The van der Waals surface area contributed by atoms with E-state index < -0.39 is 28.8 Å². The van der Waals surface area contributed by atoms with Crippen molar-refractivity contribution in [3.05, 3.63) is 46.1 Å². The quantitative estimate of drug-likeness (QED) is 0.656. The minimum absolute atomic E-state index is 0.0441. The number of anilines is 1. The zero-order chi connectivity index (χ0) is 20.0. The molecule has 1 aromatic carbocycles. The predicted molar refractivity (Wildman–Crippen MR) is 102 cm³/mol. The zero-order valence-electron chi connectivity index (χ0n) is 13.9. The maximum atomic E-state index is 14.0. The van der Waals surface area contributed by atoms with Crippen LogP contribution in [0.5, 0.6) is 0 Å². The largest absolute Gasteiger partial charge is 0.481 e. The van der Waals surface area contributed by atoms with E-state index in [4.69, 9.17) is 16.7 Å². The van der Waals surface area contributed by atoms with Gasteiger partial charge in [-0.3, -0.25) is 14.5 Å². The molecule has 0 spiro atoms. The summed E-state index contributed by atoms with van der Waals surface area (Å²) in [6, 6.07) is 3.96. The van der Waals surface area contributed by atoms with E-state index in [0.717, 1.165) is 29.2 Å². The number of carboxylic acid groups (broad SMARTS) is 1. The minimum atomic E-state index is -1.11. The maximum Gasteiger partial charge on any atom is 0.305 e. The third-order valence-corrected chi connectivity index (χ3v) is 6.48. The number of rotatable bonds is 4. The number of nitrogens with zero attached hydrogens (tertiary/aromatic N) is 3. The summed E-state index contributed by atoms with van der Waals surface area (Å²) in [7, 11) is 0. The van der Waals surface area contributed by atoms with Gasteiger partial charge in [0.15, 0.2) is 11.6 Å². The van der Waals surface area contributed by atoms with Gasteiger partial charge in [0.05, 0.1) is 38.4 Å². The van der Waals surface area contributed by atoms with E-state index in [0.29, 0.717) is 20.7 Å². The number of benzene rings is 1. The van der Waals surface area contributed by atoms with Crippen LogP contribution in [0.25, 0.3) is 10.2 Å². The molecular weight excluding hydrogens is 432 g/mol. The molecule has 1 aliphatic rings. The molecular formula is C17H10ClF2N3O3S2. The number of aromatic nitrogens is 2. The molecule has 3 aromatic rings. The van der Waals surface area contributed by atoms with Gasteiger partial charge < -0.3 is 5.11 Å². The van der Waals surface area contributed by atoms with Crippen LogP contribution in [-0.2, 0) is 16.1 Å². The van der Waals surface area contributed by atoms with E-state index in [-0.39, 0.29) is 23.2 Å². The fourth-order valence-electron chi connectivity index (χ4n) is 2.81. The van der Waals surface area contributed by atoms with Gasteiger partial charge in [0.1, 0.15) is 10.8 Å². The van der Waals surface area contributed by atoms with Gasteiger partial charge in [-0.15, -0.1) is 23.1 Å². The van der Waals surface area contributed by atoms with Gasteiger partial charge in [-0.25, -0.2) is 18.7 Å². The van der Waals surface area contributed by atoms with Crippen LogP contribution in [0.2, 0.25) is 5.02 Å². The average molecular weight is 442 g/mol. The molecule has 144 valence electrons. The molecule has 6 nitrogen and oxygen atoms in total. The van der Waals surface area contributed by atoms with Crippen molar-refractivity contribution < 1.29 is 23.5 Å². The number of fused-ring (bicyclic) bond motifs is 2. The van der Waals surface area contributed by atoms with Crippen LogP contribution in [0, 0.1) is 11.6 Å². The number of thiazole rings is 1. The lowest BCUT2D eigenvalue weighted by atomic mass is 10.2. The molecule has 2 aromatic heterocycles. The van der Waals surface area contributed by atoms with Crippen LogP contribution in [0.4, 0.5) is 14.6 Å². The van der Waals surface area contributed by atoms with Crippen molar-refractivity contribution >= 4 is 62.6 Å². The number of carbonyl (C=O) groups excluding carboxylic acids is 1. The number of hydrogen-bond donors (Lipinski definition) is 1. The highest BCUT2D eigenvalue weighted by Gasteiger charge is 2.36. The fraction of sp³-hybridized carbons (Fsp3) is 0.176. The molecule has 0 fully saturated rings. The Balaban J connectivity index is 1.74. The Labute approximate surface area is 170 Å². The van der Waals surface area contributed by atoms with Crippen molar-refractivity contribution in [2.24, 2.45) is 0 Å². The second-order valence-corrected chi connectivity index (χ2v) is 8.69. The zero-order valence-corrected chi connectivity index (χ0v) is 16.2. The van der Waals surface area contributed by atoms with Gasteiger partial charge in [-0.05, 0) is 18.2 Å². The monoisotopic (exact) mass is 441 g/mol. The molecule has 4 rings (SSSR count). The number of carboxylic acids is 1. The summed E-state index contributed by atoms with van der Waals surface area (Å²) in [4.78, 5) is 34.3. The molecule has 3 heterocycles. The van der Waals surface area contributed by atoms with E-state index in [1.807, 2.05) is 0 Å². The van der Waals surface area contributed by atoms with Gasteiger partial charge in [0.2, 0.25) is 5.91 Å². The Morgan fingerprint density at radius 3 is 2.89 bits per heavy atom. The lowest BCUT2D eigenvalue weighted by Gasteiger charge is -2.31. The Kier molecular flexibility index (Phi) is 4.94. The standard InChI is InChI=1S/C17H10ClF2N3O3S2/c18-7-3-10-16(21-5-7)23(17(26)11(27-10)4-13(24)25)6-12-22-9-2-1-8(19)14(20)15(9)28-12/h1-3,5,11H,4,6H2,(H,24,25). The van der Waals surface area contributed by atoms with Gasteiger partial charge in [-0.2, -0.15) is 0 Å². The lowest BCUT2D eigenvalue weighted by molar-refractivity contribution is -0.138. The van der Waals surface area contributed by atoms with Crippen LogP contribution < -0.4 is 4.90 Å². The number of amides is 1. The highest BCUT2D eigenvalue weighted by atomic mass is 35.5. The molecule has 1 aliphatic heterocycles. The molecule has 0 saturated carbocycles.